The molecule has 6 heteroatoms. The molecule has 4 nitrogen and oxygen atoms in total. The van der Waals surface area contributed by atoms with E-state index < -0.39 is 6.23 Å². The van der Waals surface area contributed by atoms with Crippen LogP contribution in [0.5, 0.6) is 11.5 Å². The Morgan fingerprint density at radius 3 is 2.62 bits per heavy atom. The van der Waals surface area contributed by atoms with E-state index in [4.69, 9.17) is 32.7 Å². The normalized spacial score (nSPS) is 19.9. The van der Waals surface area contributed by atoms with Gasteiger partial charge in [0, 0.05) is 18.1 Å². The molecule has 1 aliphatic heterocycles. The summed E-state index contributed by atoms with van der Waals surface area (Å²) in [6.45, 7) is 3.79. The highest BCUT2D eigenvalue weighted by atomic mass is 35.5. The highest BCUT2D eigenvalue weighted by Gasteiger charge is 2.24. The Bertz CT molecular complexity index is 691. The summed E-state index contributed by atoms with van der Waals surface area (Å²) in [6, 6.07) is 12.8. The predicted molar refractivity (Wildman–Crippen MR) is 94.9 cm³/mol. The van der Waals surface area contributed by atoms with Crippen LogP contribution >= 0.6 is 23.2 Å². The van der Waals surface area contributed by atoms with Crippen molar-refractivity contribution in [3.05, 3.63) is 58.1 Å². The first kappa shape index (κ1) is 17.5. The summed E-state index contributed by atoms with van der Waals surface area (Å²) in [5.74, 6) is 1.24. The molecule has 2 unspecified atom stereocenters. The maximum Gasteiger partial charge on any atom is 0.146 e. The van der Waals surface area contributed by atoms with E-state index in [0.29, 0.717) is 34.7 Å². The lowest BCUT2D eigenvalue weighted by molar-refractivity contribution is -0.0882. The smallest absolute Gasteiger partial charge is 0.146 e. The average molecular weight is 368 g/mol. The average Bonchev–Trinajstić information content (AvgIpc) is 2.58. The number of nitrogens with zero attached hydrogens (tertiary/aromatic N) is 1. The van der Waals surface area contributed by atoms with Gasteiger partial charge in [0.15, 0.2) is 0 Å². The highest BCUT2D eigenvalue weighted by molar-refractivity contribution is 6.35. The molecule has 2 aromatic carbocycles. The lowest BCUT2D eigenvalue weighted by Crippen LogP contribution is -2.43. The molecule has 0 saturated carbocycles. The summed E-state index contributed by atoms with van der Waals surface area (Å²) in [4.78, 5) is 1.99. The first-order valence-electron chi connectivity index (χ1n) is 7.79. The Morgan fingerprint density at radius 2 is 1.96 bits per heavy atom. The molecule has 128 valence electrons. The summed E-state index contributed by atoms with van der Waals surface area (Å²) >= 11 is 12.0. The molecule has 24 heavy (non-hydrogen) atoms. The number of ether oxygens (including phenoxy) is 2. The minimum absolute atomic E-state index is 0.0541. The van der Waals surface area contributed by atoms with Gasteiger partial charge in [-0.15, -0.1) is 0 Å². The van der Waals surface area contributed by atoms with Gasteiger partial charge >= 0.3 is 0 Å². The number of benzene rings is 2. The van der Waals surface area contributed by atoms with Crippen LogP contribution in [0.3, 0.4) is 0 Å². The summed E-state index contributed by atoms with van der Waals surface area (Å²) < 4.78 is 11.6. The standard InChI is InChI=1S/C18H19Cl2NO3/c1-12(22)21-8-9-23-18(11-21)13-2-5-15(6-3-13)24-17-7-4-14(19)10-16(17)20/h2-7,10,12,18,22H,8-9,11H2,1H3. The molecule has 1 fully saturated rings. The molecule has 1 heterocycles. The second-order valence-corrected chi connectivity index (χ2v) is 6.58. The largest absolute Gasteiger partial charge is 0.456 e. The third-order valence-corrected chi connectivity index (χ3v) is 4.53. The van der Waals surface area contributed by atoms with E-state index in [1.807, 2.05) is 29.2 Å². The van der Waals surface area contributed by atoms with Gasteiger partial charge in [-0.05, 0) is 42.8 Å². The van der Waals surface area contributed by atoms with Crippen molar-refractivity contribution in [2.24, 2.45) is 0 Å². The lowest BCUT2D eigenvalue weighted by Gasteiger charge is -2.34. The first-order valence-corrected chi connectivity index (χ1v) is 8.55. The molecule has 0 bridgehead atoms. The van der Waals surface area contributed by atoms with E-state index in [1.165, 1.54) is 0 Å². The van der Waals surface area contributed by atoms with E-state index in [0.717, 1.165) is 12.1 Å². The fraction of sp³-hybridized carbons (Fsp3) is 0.333. The number of aliphatic hydroxyl groups excluding tert-OH is 1. The van der Waals surface area contributed by atoms with Gasteiger partial charge in [0.1, 0.15) is 17.7 Å². The molecule has 3 rings (SSSR count). The van der Waals surface area contributed by atoms with Gasteiger partial charge in [-0.2, -0.15) is 0 Å². The Balaban J connectivity index is 1.69. The maximum absolute atomic E-state index is 9.72. The molecular weight excluding hydrogens is 349 g/mol. The second kappa shape index (κ2) is 7.72. The van der Waals surface area contributed by atoms with Gasteiger partial charge in [-0.1, -0.05) is 35.3 Å². The van der Waals surface area contributed by atoms with Crippen molar-refractivity contribution < 1.29 is 14.6 Å². The molecule has 0 aromatic heterocycles. The molecular formula is C18H19Cl2NO3. The van der Waals surface area contributed by atoms with E-state index >= 15 is 0 Å². The van der Waals surface area contributed by atoms with Gasteiger partial charge in [0.2, 0.25) is 0 Å². The summed E-state index contributed by atoms with van der Waals surface area (Å²) in [7, 11) is 0. The van der Waals surface area contributed by atoms with Gasteiger partial charge in [0.05, 0.1) is 17.7 Å². The number of hydrogen-bond acceptors (Lipinski definition) is 4. The van der Waals surface area contributed by atoms with Crippen LogP contribution in [0.2, 0.25) is 10.0 Å². The predicted octanol–water partition coefficient (Wildman–Crippen LogP) is 4.50. The summed E-state index contributed by atoms with van der Waals surface area (Å²) in [5, 5.41) is 10.8. The van der Waals surface area contributed by atoms with Crippen molar-refractivity contribution in [3.63, 3.8) is 0 Å². The zero-order valence-electron chi connectivity index (χ0n) is 13.3. The topological polar surface area (TPSA) is 41.9 Å². The molecule has 2 atom stereocenters. The molecule has 2 aromatic rings. The third kappa shape index (κ3) is 4.21. The fourth-order valence-corrected chi connectivity index (χ4v) is 3.09. The van der Waals surface area contributed by atoms with E-state index in [2.05, 4.69) is 0 Å². The van der Waals surface area contributed by atoms with Gasteiger partial charge in [-0.25, -0.2) is 0 Å². The minimum Gasteiger partial charge on any atom is -0.456 e. The van der Waals surface area contributed by atoms with Crippen LogP contribution in [0, 0.1) is 0 Å². The van der Waals surface area contributed by atoms with Crippen molar-refractivity contribution in [2.75, 3.05) is 19.7 Å². The van der Waals surface area contributed by atoms with Crippen molar-refractivity contribution >= 4 is 23.2 Å². The van der Waals surface area contributed by atoms with Crippen LogP contribution in [-0.2, 0) is 4.74 Å². The van der Waals surface area contributed by atoms with E-state index in [1.54, 1.807) is 25.1 Å². The Morgan fingerprint density at radius 1 is 1.21 bits per heavy atom. The van der Waals surface area contributed by atoms with Gasteiger partial charge in [-0.3, -0.25) is 4.90 Å². The van der Waals surface area contributed by atoms with Crippen LogP contribution in [0.25, 0.3) is 0 Å². The zero-order chi connectivity index (χ0) is 17.1. The van der Waals surface area contributed by atoms with Crippen LogP contribution in [0.1, 0.15) is 18.6 Å². The number of hydrogen-bond donors (Lipinski definition) is 1. The van der Waals surface area contributed by atoms with Crippen molar-refractivity contribution in [2.45, 2.75) is 19.3 Å². The minimum atomic E-state index is -0.467. The maximum atomic E-state index is 9.72. The molecule has 0 radical (unpaired) electrons. The Kier molecular flexibility index (Phi) is 5.64. The lowest BCUT2D eigenvalue weighted by atomic mass is 10.1. The van der Waals surface area contributed by atoms with Crippen LogP contribution in [0.4, 0.5) is 0 Å². The Hall–Kier alpha value is -1.30. The van der Waals surface area contributed by atoms with E-state index in [-0.39, 0.29) is 6.10 Å². The van der Waals surface area contributed by atoms with Gasteiger partial charge < -0.3 is 14.6 Å². The molecule has 0 spiro atoms. The number of halogens is 2. The third-order valence-electron chi connectivity index (χ3n) is 4.00. The van der Waals surface area contributed by atoms with E-state index in [9.17, 15) is 5.11 Å². The number of rotatable bonds is 4. The highest BCUT2D eigenvalue weighted by Crippen LogP contribution is 2.32. The van der Waals surface area contributed by atoms with Crippen molar-refractivity contribution in [1.29, 1.82) is 0 Å². The fourth-order valence-electron chi connectivity index (χ4n) is 2.65. The SMILES string of the molecule is CC(O)N1CCOC(c2ccc(Oc3ccc(Cl)cc3Cl)cc2)C1. The van der Waals surface area contributed by atoms with Crippen LogP contribution < -0.4 is 4.74 Å². The molecule has 0 amide bonds. The quantitative estimate of drug-likeness (QED) is 0.863. The number of morpholine rings is 1. The summed E-state index contributed by atoms with van der Waals surface area (Å²) in [5.41, 5.74) is 1.05. The monoisotopic (exact) mass is 367 g/mol. The number of aliphatic hydroxyl groups is 1. The van der Waals surface area contributed by atoms with Gasteiger partial charge in [0.25, 0.3) is 0 Å². The molecule has 1 saturated heterocycles. The first-order chi connectivity index (χ1) is 11.5. The van der Waals surface area contributed by atoms with Crippen molar-refractivity contribution in [3.8, 4) is 11.5 Å². The zero-order valence-corrected chi connectivity index (χ0v) is 14.8. The van der Waals surface area contributed by atoms with Crippen LogP contribution in [-0.4, -0.2) is 35.9 Å². The Labute approximate surface area is 151 Å². The molecule has 0 aliphatic carbocycles. The van der Waals surface area contributed by atoms with Crippen molar-refractivity contribution in [1.82, 2.24) is 4.90 Å². The molecule has 1 N–H and O–H groups in total. The summed E-state index contributed by atoms with van der Waals surface area (Å²) in [6.07, 6.45) is -0.521. The molecule has 1 aliphatic rings. The van der Waals surface area contributed by atoms with Crippen LogP contribution in [0.15, 0.2) is 42.5 Å². The second-order valence-electron chi connectivity index (χ2n) is 5.73.